The van der Waals surface area contributed by atoms with Crippen molar-refractivity contribution < 1.29 is 4.74 Å². The van der Waals surface area contributed by atoms with E-state index in [4.69, 9.17) is 4.74 Å². The van der Waals surface area contributed by atoms with Crippen LogP contribution in [0.25, 0.3) is 0 Å². The third-order valence-corrected chi connectivity index (χ3v) is 2.95. The van der Waals surface area contributed by atoms with Crippen LogP contribution in [0.2, 0.25) is 0 Å². The maximum Gasteiger partial charge on any atom is 0.185 e. The van der Waals surface area contributed by atoms with Gasteiger partial charge < -0.3 is 4.74 Å². The molecular weight excluding hydrogens is 190 g/mol. The number of fused-ring (bicyclic) bond motifs is 1. The van der Waals surface area contributed by atoms with Gasteiger partial charge in [-0.1, -0.05) is 30.3 Å². The number of methoxy groups -OCH3 is 1. The van der Waals surface area contributed by atoms with E-state index in [9.17, 15) is 0 Å². The van der Waals surface area contributed by atoms with E-state index in [-0.39, 0.29) is 0 Å². The van der Waals surface area contributed by atoms with Gasteiger partial charge in [-0.3, -0.25) is 0 Å². The third kappa shape index (κ3) is 1.33. The molecule has 1 aromatic rings. The Morgan fingerprint density at radius 3 is 2.80 bits per heavy atom. The summed E-state index contributed by atoms with van der Waals surface area (Å²) in [5, 5.41) is 10.0. The monoisotopic (exact) mass is 205 g/mol. The molecule has 80 valence electrons. The van der Waals surface area contributed by atoms with E-state index in [0.29, 0.717) is 0 Å². The first kappa shape index (κ1) is 10.1. The smallest absolute Gasteiger partial charge is 0.185 e. The highest BCUT2D eigenvalue weighted by Gasteiger charge is 2.39. The Hall–Kier alpha value is -1.42. The molecule has 15 heavy (non-hydrogen) atoms. The van der Waals surface area contributed by atoms with Crippen molar-refractivity contribution in [1.82, 2.24) is 5.01 Å². The number of ether oxygens (including phenoxy) is 1. The van der Waals surface area contributed by atoms with Crippen molar-refractivity contribution in [3.8, 4) is 0 Å². The van der Waals surface area contributed by atoms with E-state index < -0.39 is 5.72 Å². The fraction of sp³-hybridized carbons (Fsp3) is 0.455. The zero-order chi connectivity index (χ0) is 10.9. The standard InChI is InChI=1S/C11H15N3O/c1-4-11(15-3)9-7-5-6-8-10(9)12-13-14(11)2/h5-8H,4H2,1-3H3. The van der Waals surface area contributed by atoms with Crippen molar-refractivity contribution in [1.29, 1.82) is 0 Å². The predicted molar refractivity (Wildman–Crippen MR) is 57.7 cm³/mol. The molecule has 4 heteroatoms. The Morgan fingerprint density at radius 1 is 1.40 bits per heavy atom. The van der Waals surface area contributed by atoms with Gasteiger partial charge in [-0.2, -0.15) is 0 Å². The van der Waals surface area contributed by atoms with Crippen LogP contribution in [0.3, 0.4) is 0 Å². The van der Waals surface area contributed by atoms with Crippen LogP contribution in [-0.4, -0.2) is 19.2 Å². The lowest BCUT2D eigenvalue weighted by Crippen LogP contribution is -2.43. The van der Waals surface area contributed by atoms with Gasteiger partial charge in [0.15, 0.2) is 5.72 Å². The highest BCUT2D eigenvalue weighted by molar-refractivity contribution is 5.49. The first-order valence-electron chi connectivity index (χ1n) is 5.04. The number of hydrogen-bond donors (Lipinski definition) is 0. The van der Waals surface area contributed by atoms with Crippen molar-refractivity contribution in [2.45, 2.75) is 19.1 Å². The van der Waals surface area contributed by atoms with Crippen molar-refractivity contribution in [3.05, 3.63) is 29.8 Å². The Kier molecular flexibility index (Phi) is 2.44. The molecule has 0 aromatic heterocycles. The summed E-state index contributed by atoms with van der Waals surface area (Å²) in [6.45, 7) is 2.08. The van der Waals surface area contributed by atoms with Crippen LogP contribution in [0.1, 0.15) is 18.9 Å². The van der Waals surface area contributed by atoms with E-state index in [1.54, 1.807) is 12.1 Å². The molecule has 0 spiro atoms. The summed E-state index contributed by atoms with van der Waals surface area (Å²) < 4.78 is 5.64. The summed E-state index contributed by atoms with van der Waals surface area (Å²) >= 11 is 0. The highest BCUT2D eigenvalue weighted by atomic mass is 16.5. The van der Waals surface area contributed by atoms with E-state index in [1.807, 2.05) is 31.3 Å². The van der Waals surface area contributed by atoms with Crippen LogP contribution >= 0.6 is 0 Å². The molecule has 1 aliphatic heterocycles. The van der Waals surface area contributed by atoms with Crippen molar-refractivity contribution in [2.24, 2.45) is 10.3 Å². The summed E-state index contributed by atoms with van der Waals surface area (Å²) in [6, 6.07) is 7.95. The molecule has 0 aliphatic carbocycles. The lowest BCUT2D eigenvalue weighted by atomic mass is 9.97. The second-order valence-corrected chi connectivity index (χ2v) is 3.57. The van der Waals surface area contributed by atoms with Gasteiger partial charge in [0, 0.05) is 19.7 Å². The van der Waals surface area contributed by atoms with Gasteiger partial charge >= 0.3 is 0 Å². The Bertz CT molecular complexity index is 385. The van der Waals surface area contributed by atoms with E-state index in [2.05, 4.69) is 17.3 Å². The minimum absolute atomic E-state index is 0.474. The molecule has 0 fully saturated rings. The van der Waals surface area contributed by atoms with E-state index >= 15 is 0 Å². The fourth-order valence-corrected chi connectivity index (χ4v) is 2.06. The van der Waals surface area contributed by atoms with Gasteiger partial charge in [-0.15, -0.1) is 5.11 Å². The van der Waals surface area contributed by atoms with Gasteiger partial charge in [-0.05, 0) is 12.5 Å². The Morgan fingerprint density at radius 2 is 2.13 bits per heavy atom. The van der Waals surface area contributed by atoms with E-state index in [1.165, 1.54) is 0 Å². The van der Waals surface area contributed by atoms with Crippen LogP contribution < -0.4 is 0 Å². The zero-order valence-electron chi connectivity index (χ0n) is 9.27. The molecule has 1 aliphatic rings. The van der Waals surface area contributed by atoms with Crippen molar-refractivity contribution in [3.63, 3.8) is 0 Å². The van der Waals surface area contributed by atoms with Crippen LogP contribution in [-0.2, 0) is 10.5 Å². The average molecular weight is 205 g/mol. The average Bonchev–Trinajstić information content (AvgIpc) is 2.30. The summed E-state index contributed by atoms with van der Waals surface area (Å²) in [5.74, 6) is 0. The lowest BCUT2D eigenvalue weighted by molar-refractivity contribution is -0.142. The van der Waals surface area contributed by atoms with E-state index in [0.717, 1.165) is 17.7 Å². The SMILES string of the molecule is CCC1(OC)c2ccccc2N=NN1C. The van der Waals surface area contributed by atoms with Crippen molar-refractivity contribution in [2.75, 3.05) is 14.2 Å². The number of benzene rings is 1. The quantitative estimate of drug-likeness (QED) is 0.744. The first-order chi connectivity index (χ1) is 7.24. The van der Waals surface area contributed by atoms with Crippen LogP contribution in [0.5, 0.6) is 0 Å². The zero-order valence-corrected chi connectivity index (χ0v) is 9.27. The highest BCUT2D eigenvalue weighted by Crippen LogP contribution is 2.41. The van der Waals surface area contributed by atoms with Crippen molar-refractivity contribution >= 4 is 5.69 Å². The first-order valence-corrected chi connectivity index (χ1v) is 5.04. The minimum Gasteiger partial charge on any atom is -0.353 e. The number of hydrogen-bond acceptors (Lipinski definition) is 4. The van der Waals surface area contributed by atoms with Gasteiger partial charge in [0.1, 0.15) is 0 Å². The molecule has 4 nitrogen and oxygen atoms in total. The third-order valence-electron chi connectivity index (χ3n) is 2.95. The molecular formula is C11H15N3O. The topological polar surface area (TPSA) is 37.2 Å². The molecule has 0 amide bonds. The molecule has 1 aromatic carbocycles. The molecule has 1 atom stereocenters. The fourth-order valence-electron chi connectivity index (χ4n) is 2.06. The number of rotatable bonds is 2. The summed E-state index contributed by atoms with van der Waals surface area (Å²) in [7, 11) is 3.59. The maximum atomic E-state index is 5.64. The summed E-state index contributed by atoms with van der Waals surface area (Å²) in [5.41, 5.74) is 1.49. The van der Waals surface area contributed by atoms with Crippen LogP contribution in [0.15, 0.2) is 34.6 Å². The van der Waals surface area contributed by atoms with Gasteiger partial charge in [0.25, 0.3) is 0 Å². The Balaban J connectivity index is 2.60. The number of nitrogens with zero attached hydrogens (tertiary/aromatic N) is 3. The molecule has 0 N–H and O–H groups in total. The van der Waals surface area contributed by atoms with Crippen LogP contribution in [0, 0.1) is 0 Å². The molecule has 2 rings (SSSR count). The minimum atomic E-state index is -0.474. The molecule has 0 bridgehead atoms. The van der Waals surface area contributed by atoms with Gasteiger partial charge in [0.2, 0.25) is 0 Å². The second-order valence-electron chi connectivity index (χ2n) is 3.57. The summed E-state index contributed by atoms with van der Waals surface area (Å²) in [6.07, 6.45) is 0.829. The normalized spacial score (nSPS) is 24.1. The lowest BCUT2D eigenvalue weighted by Gasteiger charge is -2.40. The Labute approximate surface area is 89.5 Å². The molecule has 0 radical (unpaired) electrons. The van der Waals surface area contributed by atoms with Crippen LogP contribution in [0.4, 0.5) is 5.69 Å². The summed E-state index contributed by atoms with van der Waals surface area (Å²) in [4.78, 5) is 0. The van der Waals surface area contributed by atoms with Gasteiger partial charge in [0.05, 0.1) is 5.69 Å². The second kappa shape index (κ2) is 3.62. The largest absolute Gasteiger partial charge is 0.353 e. The molecule has 0 saturated carbocycles. The molecule has 1 heterocycles. The molecule has 1 unspecified atom stereocenters. The predicted octanol–water partition coefficient (Wildman–Crippen LogP) is 2.84. The van der Waals surface area contributed by atoms with Gasteiger partial charge in [-0.25, -0.2) is 5.01 Å². The maximum absolute atomic E-state index is 5.64. The molecule has 0 saturated heterocycles.